The summed E-state index contributed by atoms with van der Waals surface area (Å²) in [5, 5.41) is 1.97. The zero-order chi connectivity index (χ0) is 13.0. The van der Waals surface area contributed by atoms with Gasteiger partial charge in [0.2, 0.25) is 0 Å². The molecule has 1 heterocycles. The molecule has 1 aliphatic heterocycles. The number of imide groups is 1. The van der Waals surface area contributed by atoms with E-state index < -0.39 is 0 Å². The first-order valence-electron chi connectivity index (χ1n) is 5.25. The Morgan fingerprint density at radius 2 is 1.28 bits per heavy atom. The second kappa shape index (κ2) is 3.70. The molecular weight excluding hydrogens is 273 g/mol. The summed E-state index contributed by atoms with van der Waals surface area (Å²) in [6.07, 6.45) is 0. The molecule has 0 radical (unpaired) electrons. The van der Waals surface area contributed by atoms with Crippen molar-refractivity contribution in [1.82, 2.24) is 4.90 Å². The topological polar surface area (TPSA) is 37.4 Å². The highest BCUT2D eigenvalue weighted by molar-refractivity contribution is 6.44. The Hall–Kier alpha value is -1.58. The van der Waals surface area contributed by atoms with Crippen molar-refractivity contribution in [1.29, 1.82) is 0 Å². The second-order valence-electron chi connectivity index (χ2n) is 4.11. The van der Waals surface area contributed by atoms with Gasteiger partial charge in [-0.25, -0.2) is 0 Å². The van der Waals surface area contributed by atoms with Gasteiger partial charge in [0.25, 0.3) is 11.8 Å². The van der Waals surface area contributed by atoms with E-state index in [0.29, 0.717) is 31.9 Å². The maximum atomic E-state index is 12.1. The van der Waals surface area contributed by atoms with Gasteiger partial charge in [0, 0.05) is 39.0 Å². The van der Waals surface area contributed by atoms with Crippen molar-refractivity contribution in [2.75, 3.05) is 7.05 Å². The molecule has 2 aromatic rings. The fourth-order valence-electron chi connectivity index (χ4n) is 2.22. The number of hydrogen-bond acceptors (Lipinski definition) is 2. The first kappa shape index (κ1) is 11.5. The van der Waals surface area contributed by atoms with Gasteiger partial charge in [-0.05, 0) is 24.3 Å². The van der Waals surface area contributed by atoms with E-state index in [1.807, 2.05) is 0 Å². The van der Waals surface area contributed by atoms with Gasteiger partial charge in [-0.1, -0.05) is 23.2 Å². The van der Waals surface area contributed by atoms with Crippen molar-refractivity contribution in [3.05, 3.63) is 45.4 Å². The summed E-state index contributed by atoms with van der Waals surface area (Å²) in [7, 11) is 1.46. The van der Waals surface area contributed by atoms with Gasteiger partial charge in [-0.2, -0.15) is 0 Å². The van der Waals surface area contributed by atoms with Crippen molar-refractivity contribution >= 4 is 45.8 Å². The Balaban J connectivity index is 2.58. The van der Waals surface area contributed by atoms with Crippen LogP contribution in [-0.2, 0) is 0 Å². The SMILES string of the molecule is CN1C(=O)c2ccc(Cl)c3c(Cl)ccc(c23)C1=O. The van der Waals surface area contributed by atoms with Crippen LogP contribution in [0, 0.1) is 0 Å². The van der Waals surface area contributed by atoms with Crippen LogP contribution in [0.4, 0.5) is 0 Å². The minimum atomic E-state index is -0.337. The third kappa shape index (κ3) is 1.32. The molecule has 0 aliphatic carbocycles. The summed E-state index contributed by atoms with van der Waals surface area (Å²) in [6.45, 7) is 0. The zero-order valence-corrected chi connectivity index (χ0v) is 10.8. The van der Waals surface area contributed by atoms with Gasteiger partial charge in [-0.15, -0.1) is 0 Å². The summed E-state index contributed by atoms with van der Waals surface area (Å²) in [5.74, 6) is -0.673. The van der Waals surface area contributed by atoms with Crippen LogP contribution in [0.15, 0.2) is 24.3 Å². The number of hydrogen-bond donors (Lipinski definition) is 0. The fraction of sp³-hybridized carbons (Fsp3) is 0.0769. The van der Waals surface area contributed by atoms with Gasteiger partial charge in [0.15, 0.2) is 0 Å². The number of nitrogens with zero attached hydrogens (tertiary/aromatic N) is 1. The van der Waals surface area contributed by atoms with Gasteiger partial charge in [-0.3, -0.25) is 14.5 Å². The summed E-state index contributed by atoms with van der Waals surface area (Å²) < 4.78 is 0. The van der Waals surface area contributed by atoms with Crippen LogP contribution in [0.3, 0.4) is 0 Å². The third-order valence-corrected chi connectivity index (χ3v) is 3.76. The third-order valence-electron chi connectivity index (χ3n) is 3.13. The van der Waals surface area contributed by atoms with E-state index in [0.717, 1.165) is 4.90 Å². The Kier molecular flexibility index (Phi) is 2.37. The lowest BCUT2D eigenvalue weighted by molar-refractivity contribution is 0.0651. The quantitative estimate of drug-likeness (QED) is 0.694. The molecule has 0 saturated heterocycles. The van der Waals surface area contributed by atoms with E-state index in [2.05, 4.69) is 0 Å². The van der Waals surface area contributed by atoms with Crippen LogP contribution in [0.25, 0.3) is 10.8 Å². The van der Waals surface area contributed by atoms with Crippen molar-refractivity contribution in [3.8, 4) is 0 Å². The van der Waals surface area contributed by atoms with Crippen molar-refractivity contribution < 1.29 is 9.59 Å². The van der Waals surface area contributed by atoms with E-state index in [-0.39, 0.29) is 11.8 Å². The first-order chi connectivity index (χ1) is 8.52. The molecule has 5 heteroatoms. The average molecular weight is 280 g/mol. The summed E-state index contributed by atoms with van der Waals surface area (Å²) >= 11 is 12.2. The molecule has 3 nitrogen and oxygen atoms in total. The average Bonchev–Trinajstić information content (AvgIpc) is 2.35. The number of carbonyl (C=O) groups is 2. The van der Waals surface area contributed by atoms with Gasteiger partial charge >= 0.3 is 0 Å². The van der Waals surface area contributed by atoms with Crippen LogP contribution >= 0.6 is 23.2 Å². The van der Waals surface area contributed by atoms with Crippen molar-refractivity contribution in [2.45, 2.75) is 0 Å². The molecule has 2 amide bonds. The standard InChI is InChI=1S/C13H7Cl2NO2/c1-16-12(17)6-2-4-8(14)11-9(15)5-3-7(10(6)11)13(16)18/h2-5H,1H3. The van der Waals surface area contributed by atoms with E-state index in [4.69, 9.17) is 23.2 Å². The number of rotatable bonds is 0. The molecule has 0 aromatic heterocycles. The highest BCUT2D eigenvalue weighted by Gasteiger charge is 2.31. The minimum absolute atomic E-state index is 0.337. The Morgan fingerprint density at radius 1 is 0.833 bits per heavy atom. The Bertz CT molecular complexity index is 668. The number of halogens is 2. The lowest BCUT2D eigenvalue weighted by Crippen LogP contribution is -2.36. The number of carbonyl (C=O) groups excluding carboxylic acids is 2. The maximum absolute atomic E-state index is 12.1. The molecule has 1 aliphatic rings. The van der Waals surface area contributed by atoms with Gasteiger partial charge < -0.3 is 0 Å². The van der Waals surface area contributed by atoms with E-state index in [1.54, 1.807) is 24.3 Å². The number of benzene rings is 2. The summed E-state index contributed by atoms with van der Waals surface area (Å²) in [6, 6.07) is 6.48. The van der Waals surface area contributed by atoms with Crippen LogP contribution in [0.1, 0.15) is 20.7 Å². The molecular formula is C13H7Cl2NO2. The maximum Gasteiger partial charge on any atom is 0.261 e. The van der Waals surface area contributed by atoms with E-state index >= 15 is 0 Å². The lowest BCUT2D eigenvalue weighted by atomic mass is 9.94. The zero-order valence-electron chi connectivity index (χ0n) is 9.33. The molecule has 2 aromatic carbocycles. The monoisotopic (exact) mass is 279 g/mol. The lowest BCUT2D eigenvalue weighted by Gasteiger charge is -2.24. The first-order valence-corrected chi connectivity index (χ1v) is 6.01. The highest BCUT2D eigenvalue weighted by atomic mass is 35.5. The summed E-state index contributed by atoms with van der Waals surface area (Å²) in [5.41, 5.74) is 0.906. The van der Waals surface area contributed by atoms with E-state index in [1.165, 1.54) is 7.05 Å². The molecule has 0 fully saturated rings. The predicted octanol–water partition coefficient (Wildman–Crippen LogP) is 3.37. The predicted molar refractivity (Wildman–Crippen MR) is 70.4 cm³/mol. The minimum Gasteiger partial charge on any atom is -0.277 e. The van der Waals surface area contributed by atoms with Crippen LogP contribution in [-0.4, -0.2) is 23.8 Å². The molecule has 0 N–H and O–H groups in total. The molecule has 0 atom stereocenters. The Labute approximate surface area is 113 Å². The highest BCUT2D eigenvalue weighted by Crippen LogP contribution is 2.37. The summed E-state index contributed by atoms with van der Waals surface area (Å²) in [4.78, 5) is 25.2. The van der Waals surface area contributed by atoms with Crippen molar-refractivity contribution in [3.63, 3.8) is 0 Å². The molecule has 0 unspecified atom stereocenters. The molecule has 3 rings (SSSR count). The largest absolute Gasteiger partial charge is 0.277 e. The smallest absolute Gasteiger partial charge is 0.261 e. The van der Waals surface area contributed by atoms with Crippen LogP contribution in [0.5, 0.6) is 0 Å². The van der Waals surface area contributed by atoms with Crippen molar-refractivity contribution in [2.24, 2.45) is 0 Å². The fourth-order valence-corrected chi connectivity index (χ4v) is 2.79. The molecule has 90 valence electrons. The van der Waals surface area contributed by atoms with Gasteiger partial charge in [0.1, 0.15) is 0 Å². The second-order valence-corrected chi connectivity index (χ2v) is 4.92. The normalized spacial score (nSPS) is 14.5. The molecule has 18 heavy (non-hydrogen) atoms. The van der Waals surface area contributed by atoms with Crippen LogP contribution < -0.4 is 0 Å². The molecule has 0 saturated carbocycles. The Morgan fingerprint density at radius 3 is 1.72 bits per heavy atom. The van der Waals surface area contributed by atoms with Gasteiger partial charge in [0.05, 0.1) is 0 Å². The molecule has 0 bridgehead atoms. The number of amides is 2. The van der Waals surface area contributed by atoms with Crippen LogP contribution in [0.2, 0.25) is 10.0 Å². The van der Waals surface area contributed by atoms with E-state index in [9.17, 15) is 9.59 Å². The molecule has 0 spiro atoms.